The lowest BCUT2D eigenvalue weighted by Crippen LogP contribution is -1.85. The van der Waals surface area contributed by atoms with Crippen LogP contribution in [0.5, 0.6) is 5.75 Å². The van der Waals surface area contributed by atoms with Gasteiger partial charge in [-0.3, -0.25) is 0 Å². The molecule has 1 aliphatic rings. The number of aromatic nitrogens is 1. The maximum atomic E-state index is 9.00. The zero-order chi connectivity index (χ0) is 11.0. The number of aliphatic hydroxyl groups excluding tert-OH is 1. The maximum Gasteiger partial charge on any atom is 0.123 e. The lowest BCUT2D eigenvalue weighted by molar-refractivity contribution is 0.285. The number of fused-ring (bicyclic) bond motifs is 1. The lowest BCUT2D eigenvalue weighted by Gasteiger charge is -2.00. The molecule has 4 heteroatoms. The maximum absolute atomic E-state index is 9.00. The van der Waals surface area contributed by atoms with Gasteiger partial charge in [-0.1, -0.05) is 0 Å². The summed E-state index contributed by atoms with van der Waals surface area (Å²) < 4.78 is 5.46. The lowest BCUT2D eigenvalue weighted by atomic mass is 10.1. The van der Waals surface area contributed by atoms with Crippen LogP contribution in [-0.4, -0.2) is 16.7 Å². The highest BCUT2D eigenvalue weighted by atomic mass is 32.1. The van der Waals surface area contributed by atoms with Crippen LogP contribution < -0.4 is 4.74 Å². The Bertz CT molecular complexity index is 521. The molecule has 0 atom stereocenters. The first-order chi connectivity index (χ1) is 7.86. The molecule has 0 aliphatic carbocycles. The van der Waals surface area contributed by atoms with Gasteiger partial charge in [0, 0.05) is 18.2 Å². The van der Waals surface area contributed by atoms with E-state index in [0.717, 1.165) is 34.2 Å². The smallest absolute Gasteiger partial charge is 0.123 e. The predicted octanol–water partition coefficient (Wildman–Crippen LogP) is 2.24. The first kappa shape index (κ1) is 9.81. The standard InChI is InChI=1S/C12H11NO2S/c14-7-10-6-13-12(16-10)9-1-2-11-8(5-9)3-4-15-11/h1-2,5-6,14H,3-4,7H2. The van der Waals surface area contributed by atoms with Crippen LogP contribution in [-0.2, 0) is 13.0 Å². The number of benzene rings is 1. The number of nitrogens with zero attached hydrogens (tertiary/aromatic N) is 1. The van der Waals surface area contributed by atoms with Crippen molar-refractivity contribution in [3.63, 3.8) is 0 Å². The van der Waals surface area contributed by atoms with Crippen molar-refractivity contribution in [2.45, 2.75) is 13.0 Å². The van der Waals surface area contributed by atoms with Crippen LogP contribution in [0.4, 0.5) is 0 Å². The third-order valence-electron chi connectivity index (χ3n) is 2.65. The zero-order valence-electron chi connectivity index (χ0n) is 8.64. The first-order valence-electron chi connectivity index (χ1n) is 5.18. The Balaban J connectivity index is 2.00. The summed E-state index contributed by atoms with van der Waals surface area (Å²) in [6.45, 7) is 0.838. The zero-order valence-corrected chi connectivity index (χ0v) is 9.46. The predicted molar refractivity (Wildman–Crippen MR) is 62.7 cm³/mol. The molecule has 0 saturated carbocycles. The van der Waals surface area contributed by atoms with Crippen LogP contribution in [0.3, 0.4) is 0 Å². The third-order valence-corrected chi connectivity index (χ3v) is 3.68. The molecular formula is C12H11NO2S. The van der Waals surface area contributed by atoms with Gasteiger partial charge in [0.1, 0.15) is 10.8 Å². The van der Waals surface area contributed by atoms with E-state index in [-0.39, 0.29) is 6.61 Å². The largest absolute Gasteiger partial charge is 0.493 e. The molecule has 0 bridgehead atoms. The fraction of sp³-hybridized carbons (Fsp3) is 0.250. The highest BCUT2D eigenvalue weighted by molar-refractivity contribution is 7.15. The molecule has 2 aromatic rings. The number of aliphatic hydroxyl groups is 1. The minimum Gasteiger partial charge on any atom is -0.493 e. The first-order valence-corrected chi connectivity index (χ1v) is 6.00. The molecule has 1 aromatic carbocycles. The molecule has 1 N–H and O–H groups in total. The van der Waals surface area contributed by atoms with Crippen molar-refractivity contribution in [2.75, 3.05) is 6.61 Å². The number of ether oxygens (including phenoxy) is 1. The SMILES string of the molecule is OCc1cnc(-c2ccc3c(c2)CCO3)s1. The van der Waals surface area contributed by atoms with E-state index in [2.05, 4.69) is 11.1 Å². The summed E-state index contributed by atoms with van der Waals surface area (Å²) in [7, 11) is 0. The van der Waals surface area contributed by atoms with E-state index in [0.29, 0.717) is 0 Å². The molecule has 0 amide bonds. The van der Waals surface area contributed by atoms with Crippen molar-refractivity contribution in [1.82, 2.24) is 4.98 Å². The molecule has 3 rings (SSSR count). The molecular weight excluding hydrogens is 222 g/mol. The quantitative estimate of drug-likeness (QED) is 0.865. The summed E-state index contributed by atoms with van der Waals surface area (Å²) in [6, 6.07) is 6.14. The van der Waals surface area contributed by atoms with Crippen molar-refractivity contribution >= 4 is 11.3 Å². The number of thiazole rings is 1. The number of hydrogen-bond acceptors (Lipinski definition) is 4. The van der Waals surface area contributed by atoms with E-state index in [1.165, 1.54) is 16.9 Å². The summed E-state index contributed by atoms with van der Waals surface area (Å²) in [5.74, 6) is 0.989. The Labute approximate surface area is 97.3 Å². The third kappa shape index (κ3) is 1.60. The normalized spacial score (nSPS) is 13.6. The summed E-state index contributed by atoms with van der Waals surface area (Å²) in [5, 5.41) is 9.96. The van der Waals surface area contributed by atoms with Gasteiger partial charge in [0.05, 0.1) is 18.1 Å². The van der Waals surface area contributed by atoms with Crippen LogP contribution in [0.2, 0.25) is 0 Å². The molecule has 1 aliphatic heterocycles. The molecule has 0 radical (unpaired) electrons. The van der Waals surface area contributed by atoms with Crippen molar-refractivity contribution in [2.24, 2.45) is 0 Å². The van der Waals surface area contributed by atoms with Gasteiger partial charge in [0.2, 0.25) is 0 Å². The van der Waals surface area contributed by atoms with Crippen molar-refractivity contribution in [3.8, 4) is 16.3 Å². The Morgan fingerprint density at radius 2 is 2.38 bits per heavy atom. The van der Waals surface area contributed by atoms with Gasteiger partial charge in [-0.25, -0.2) is 4.98 Å². The van der Waals surface area contributed by atoms with Crippen molar-refractivity contribution in [1.29, 1.82) is 0 Å². The average molecular weight is 233 g/mol. The number of rotatable bonds is 2. The molecule has 1 aromatic heterocycles. The van der Waals surface area contributed by atoms with Gasteiger partial charge < -0.3 is 9.84 Å². The molecule has 3 nitrogen and oxygen atoms in total. The summed E-state index contributed by atoms with van der Waals surface area (Å²) in [6.07, 6.45) is 2.70. The Kier molecular flexibility index (Phi) is 2.38. The van der Waals surface area contributed by atoms with Gasteiger partial charge >= 0.3 is 0 Å². The van der Waals surface area contributed by atoms with Gasteiger partial charge in [-0.15, -0.1) is 11.3 Å². The summed E-state index contributed by atoms with van der Waals surface area (Å²) in [5.41, 5.74) is 2.35. The topological polar surface area (TPSA) is 42.4 Å². The summed E-state index contributed by atoms with van der Waals surface area (Å²) in [4.78, 5) is 5.20. The second-order valence-electron chi connectivity index (χ2n) is 3.71. The van der Waals surface area contributed by atoms with E-state index in [4.69, 9.17) is 9.84 Å². The second-order valence-corrected chi connectivity index (χ2v) is 4.83. The summed E-state index contributed by atoms with van der Waals surface area (Å²) >= 11 is 1.53. The fourth-order valence-electron chi connectivity index (χ4n) is 1.83. The highest BCUT2D eigenvalue weighted by Gasteiger charge is 2.13. The van der Waals surface area contributed by atoms with Crippen LogP contribution in [0.1, 0.15) is 10.4 Å². The molecule has 0 fully saturated rings. The molecule has 0 saturated heterocycles. The van der Waals surface area contributed by atoms with Crippen LogP contribution >= 0.6 is 11.3 Å². The molecule has 16 heavy (non-hydrogen) atoms. The van der Waals surface area contributed by atoms with E-state index in [1.54, 1.807) is 6.20 Å². The van der Waals surface area contributed by atoms with Crippen LogP contribution in [0.15, 0.2) is 24.4 Å². The van der Waals surface area contributed by atoms with E-state index >= 15 is 0 Å². The van der Waals surface area contributed by atoms with Crippen molar-refractivity contribution < 1.29 is 9.84 Å². The molecule has 82 valence electrons. The van der Waals surface area contributed by atoms with E-state index in [9.17, 15) is 0 Å². The van der Waals surface area contributed by atoms with E-state index < -0.39 is 0 Å². The van der Waals surface area contributed by atoms with Gasteiger partial charge in [-0.05, 0) is 23.8 Å². The minimum absolute atomic E-state index is 0.0612. The second kappa shape index (κ2) is 3.88. The van der Waals surface area contributed by atoms with Gasteiger partial charge in [-0.2, -0.15) is 0 Å². The van der Waals surface area contributed by atoms with Crippen molar-refractivity contribution in [3.05, 3.63) is 34.8 Å². The minimum atomic E-state index is 0.0612. The van der Waals surface area contributed by atoms with E-state index in [1.807, 2.05) is 12.1 Å². The van der Waals surface area contributed by atoms with Crippen LogP contribution in [0.25, 0.3) is 10.6 Å². The van der Waals surface area contributed by atoms with Gasteiger partial charge in [0.25, 0.3) is 0 Å². The Hall–Kier alpha value is -1.39. The molecule has 0 unspecified atom stereocenters. The monoisotopic (exact) mass is 233 g/mol. The van der Waals surface area contributed by atoms with Gasteiger partial charge in [0.15, 0.2) is 0 Å². The molecule has 2 heterocycles. The number of hydrogen-bond donors (Lipinski definition) is 1. The fourth-order valence-corrected chi connectivity index (χ4v) is 2.60. The average Bonchev–Trinajstić information content (AvgIpc) is 2.96. The molecule has 0 spiro atoms. The van der Waals surface area contributed by atoms with Crippen LogP contribution in [0, 0.1) is 0 Å². The highest BCUT2D eigenvalue weighted by Crippen LogP contribution is 2.32. The Morgan fingerprint density at radius 3 is 3.19 bits per heavy atom. The Morgan fingerprint density at radius 1 is 1.44 bits per heavy atom.